The van der Waals surface area contributed by atoms with E-state index >= 15 is 0 Å². The highest BCUT2D eigenvalue weighted by Crippen LogP contribution is 2.22. The number of benzene rings is 1. The van der Waals surface area contributed by atoms with Gasteiger partial charge in [-0.15, -0.1) is 0 Å². The molecule has 1 aromatic rings. The van der Waals surface area contributed by atoms with E-state index in [1.54, 1.807) is 25.3 Å². The molecule has 1 fully saturated rings. The van der Waals surface area contributed by atoms with Gasteiger partial charge >= 0.3 is 0 Å². The van der Waals surface area contributed by atoms with Gasteiger partial charge in [0.05, 0.1) is 12.8 Å². The van der Waals surface area contributed by atoms with E-state index in [0.29, 0.717) is 17.0 Å². The Morgan fingerprint density at radius 1 is 1.33 bits per heavy atom. The van der Waals surface area contributed by atoms with Gasteiger partial charge in [0.25, 0.3) is 5.91 Å². The number of hydrogen-bond donors (Lipinski definition) is 2. The van der Waals surface area contributed by atoms with Gasteiger partial charge in [-0.3, -0.25) is 10.2 Å². The van der Waals surface area contributed by atoms with Crippen molar-refractivity contribution >= 4 is 11.6 Å². The Hall–Kier alpha value is -1.75. The van der Waals surface area contributed by atoms with Gasteiger partial charge in [-0.05, 0) is 37.0 Å². The Morgan fingerprint density at radius 2 is 2.14 bits per heavy atom. The first-order valence-corrected chi connectivity index (χ1v) is 7.59. The number of carbonyl (C=O) groups is 1. The maximum absolute atomic E-state index is 12.3. The van der Waals surface area contributed by atoms with Gasteiger partial charge in [0.2, 0.25) is 0 Å². The van der Waals surface area contributed by atoms with Crippen LogP contribution < -0.4 is 15.9 Å². The number of anilines is 1. The fraction of sp³-hybridized carbons (Fsp3) is 0.562. The third kappa shape index (κ3) is 4.36. The minimum atomic E-state index is -0.110. The van der Waals surface area contributed by atoms with Crippen molar-refractivity contribution in [1.82, 2.24) is 10.4 Å². The molecule has 0 aliphatic carbocycles. The van der Waals surface area contributed by atoms with Crippen LogP contribution in [-0.4, -0.2) is 31.1 Å². The Kier molecular flexibility index (Phi) is 5.44. The number of ether oxygens (including phenoxy) is 1. The van der Waals surface area contributed by atoms with Crippen LogP contribution >= 0.6 is 0 Å². The highest BCUT2D eigenvalue weighted by molar-refractivity contribution is 5.94. The number of nitrogens with two attached hydrogens (primary N) is 1. The number of nitrogens with zero attached hydrogens (tertiary/aromatic N) is 1. The van der Waals surface area contributed by atoms with Crippen LogP contribution in [0, 0.1) is 5.92 Å². The zero-order chi connectivity index (χ0) is 15.2. The standard InChI is InChI=1S/C16H25N3O2/c1-12-5-3-4-9-19(10-8-12)18-16(20)13-6-7-14(17)15(11-13)21-2/h6-7,11-12H,3-5,8-10,17H2,1-2H3,(H,18,20). The van der Waals surface area contributed by atoms with Crippen molar-refractivity contribution in [3.05, 3.63) is 23.8 Å². The van der Waals surface area contributed by atoms with E-state index in [1.807, 2.05) is 5.01 Å². The van der Waals surface area contributed by atoms with Crippen LogP contribution in [0.4, 0.5) is 5.69 Å². The first-order valence-electron chi connectivity index (χ1n) is 7.59. The van der Waals surface area contributed by atoms with Gasteiger partial charge in [0, 0.05) is 18.7 Å². The highest BCUT2D eigenvalue weighted by Gasteiger charge is 2.16. The fourth-order valence-electron chi connectivity index (χ4n) is 2.60. The summed E-state index contributed by atoms with van der Waals surface area (Å²) in [4.78, 5) is 12.3. The second-order valence-corrected chi connectivity index (χ2v) is 5.77. The lowest BCUT2D eigenvalue weighted by atomic mass is 9.99. The van der Waals surface area contributed by atoms with Crippen molar-refractivity contribution in [2.24, 2.45) is 5.92 Å². The summed E-state index contributed by atoms with van der Waals surface area (Å²) in [6.07, 6.45) is 4.75. The van der Waals surface area contributed by atoms with E-state index in [4.69, 9.17) is 10.5 Å². The molecule has 1 unspecified atom stereocenters. The maximum Gasteiger partial charge on any atom is 0.265 e. The third-order valence-electron chi connectivity index (χ3n) is 4.02. The summed E-state index contributed by atoms with van der Waals surface area (Å²) in [7, 11) is 1.55. The predicted octanol–water partition coefficient (Wildman–Crippen LogP) is 2.43. The van der Waals surface area contributed by atoms with Gasteiger partial charge in [0.1, 0.15) is 5.75 Å². The van der Waals surface area contributed by atoms with Crippen LogP contribution in [-0.2, 0) is 0 Å². The molecule has 5 heteroatoms. The molecule has 0 radical (unpaired) electrons. The molecule has 3 N–H and O–H groups in total. The quantitative estimate of drug-likeness (QED) is 0.839. The number of hydrogen-bond acceptors (Lipinski definition) is 4. The Morgan fingerprint density at radius 3 is 2.90 bits per heavy atom. The Balaban J connectivity index is 1.99. The number of rotatable bonds is 3. The molecule has 1 aliphatic rings. The molecule has 0 bridgehead atoms. The summed E-state index contributed by atoms with van der Waals surface area (Å²) in [5.74, 6) is 1.15. The van der Waals surface area contributed by atoms with E-state index in [2.05, 4.69) is 12.3 Å². The minimum absolute atomic E-state index is 0.110. The average molecular weight is 291 g/mol. The van der Waals surface area contributed by atoms with Gasteiger partial charge in [-0.25, -0.2) is 5.01 Å². The Labute approximate surface area is 126 Å². The van der Waals surface area contributed by atoms with E-state index in [0.717, 1.165) is 31.8 Å². The monoisotopic (exact) mass is 291 g/mol. The van der Waals surface area contributed by atoms with Crippen LogP contribution in [0.2, 0.25) is 0 Å². The normalized spacial score (nSPS) is 20.4. The molecular weight excluding hydrogens is 266 g/mol. The summed E-state index contributed by atoms with van der Waals surface area (Å²) < 4.78 is 5.16. The molecule has 0 spiro atoms. The molecule has 1 amide bonds. The topological polar surface area (TPSA) is 67.6 Å². The number of amides is 1. The molecular formula is C16H25N3O2. The summed E-state index contributed by atoms with van der Waals surface area (Å²) in [6, 6.07) is 5.10. The number of nitrogen functional groups attached to an aromatic ring is 1. The molecule has 0 aromatic heterocycles. The molecule has 116 valence electrons. The molecule has 1 aliphatic heterocycles. The molecule has 1 atom stereocenters. The van der Waals surface area contributed by atoms with Crippen molar-refractivity contribution in [2.75, 3.05) is 25.9 Å². The van der Waals surface area contributed by atoms with Crippen molar-refractivity contribution in [2.45, 2.75) is 32.6 Å². The van der Waals surface area contributed by atoms with Gasteiger partial charge < -0.3 is 10.5 Å². The lowest BCUT2D eigenvalue weighted by Gasteiger charge is -2.27. The molecule has 1 saturated heterocycles. The van der Waals surface area contributed by atoms with Crippen LogP contribution in [0.1, 0.15) is 43.0 Å². The molecule has 21 heavy (non-hydrogen) atoms. The first kappa shape index (κ1) is 15.6. The van der Waals surface area contributed by atoms with E-state index < -0.39 is 0 Å². The van der Waals surface area contributed by atoms with Crippen LogP contribution in [0.15, 0.2) is 18.2 Å². The molecule has 1 heterocycles. The highest BCUT2D eigenvalue weighted by atomic mass is 16.5. The lowest BCUT2D eigenvalue weighted by molar-refractivity contribution is 0.0758. The summed E-state index contributed by atoms with van der Waals surface area (Å²) in [5, 5.41) is 2.03. The van der Waals surface area contributed by atoms with E-state index in [-0.39, 0.29) is 5.91 Å². The molecule has 5 nitrogen and oxygen atoms in total. The van der Waals surface area contributed by atoms with Crippen LogP contribution in [0.25, 0.3) is 0 Å². The Bertz CT molecular complexity index is 490. The SMILES string of the molecule is COc1cc(C(=O)NN2CCCCC(C)CC2)ccc1N. The third-order valence-corrected chi connectivity index (χ3v) is 4.02. The molecule has 2 rings (SSSR count). The van der Waals surface area contributed by atoms with Crippen LogP contribution in [0.3, 0.4) is 0 Å². The minimum Gasteiger partial charge on any atom is -0.495 e. The van der Waals surface area contributed by atoms with Gasteiger partial charge in [-0.1, -0.05) is 19.8 Å². The second-order valence-electron chi connectivity index (χ2n) is 5.77. The summed E-state index contributed by atoms with van der Waals surface area (Å²) in [6.45, 7) is 4.08. The maximum atomic E-state index is 12.3. The van der Waals surface area contributed by atoms with E-state index in [1.165, 1.54) is 12.8 Å². The number of carbonyl (C=O) groups excluding carboxylic acids is 1. The first-order chi connectivity index (χ1) is 10.1. The van der Waals surface area contributed by atoms with Crippen molar-refractivity contribution in [1.29, 1.82) is 0 Å². The van der Waals surface area contributed by atoms with Gasteiger partial charge in [0.15, 0.2) is 0 Å². The van der Waals surface area contributed by atoms with Crippen molar-refractivity contribution in [3.8, 4) is 5.75 Å². The fourth-order valence-corrected chi connectivity index (χ4v) is 2.60. The van der Waals surface area contributed by atoms with Gasteiger partial charge in [-0.2, -0.15) is 0 Å². The zero-order valence-electron chi connectivity index (χ0n) is 12.9. The number of nitrogens with one attached hydrogen (secondary N) is 1. The second kappa shape index (κ2) is 7.31. The van der Waals surface area contributed by atoms with Crippen LogP contribution in [0.5, 0.6) is 5.75 Å². The van der Waals surface area contributed by atoms with E-state index in [9.17, 15) is 4.79 Å². The van der Waals surface area contributed by atoms with Crippen molar-refractivity contribution in [3.63, 3.8) is 0 Å². The lowest BCUT2D eigenvalue weighted by Crippen LogP contribution is -2.44. The summed E-state index contributed by atoms with van der Waals surface area (Å²) in [5.41, 5.74) is 9.86. The number of methoxy groups -OCH3 is 1. The largest absolute Gasteiger partial charge is 0.495 e. The molecule has 1 aromatic carbocycles. The summed E-state index contributed by atoms with van der Waals surface area (Å²) >= 11 is 0. The number of hydrazine groups is 1. The molecule has 0 saturated carbocycles. The van der Waals surface area contributed by atoms with Crippen molar-refractivity contribution < 1.29 is 9.53 Å². The average Bonchev–Trinajstić information content (AvgIpc) is 2.47. The smallest absolute Gasteiger partial charge is 0.265 e. The zero-order valence-corrected chi connectivity index (χ0v) is 12.9. The predicted molar refractivity (Wildman–Crippen MR) is 84.1 cm³/mol.